The Morgan fingerprint density at radius 1 is 1.22 bits per heavy atom. The number of fused-ring (bicyclic) bond motifs is 6. The molecule has 4 aliphatic rings. The molecule has 32 heavy (non-hydrogen) atoms. The Morgan fingerprint density at radius 3 is 2.88 bits per heavy atom. The largest absolute Gasteiger partial charge is 0.336 e. The zero-order valence-electron chi connectivity index (χ0n) is 20.3. The molecule has 174 valence electrons. The van der Waals surface area contributed by atoms with Crippen molar-refractivity contribution in [2.24, 2.45) is 11.8 Å². The topological polar surface area (TPSA) is 41.4 Å². The Kier molecular flexibility index (Phi) is 6.04. The molecule has 1 aromatic heterocycles. The summed E-state index contributed by atoms with van der Waals surface area (Å²) in [4.78, 5) is 18.5. The monoisotopic (exact) mass is 436 g/mol. The summed E-state index contributed by atoms with van der Waals surface area (Å²) in [5, 5.41) is 4.74. The van der Waals surface area contributed by atoms with E-state index in [1.54, 1.807) is 5.57 Å². The molecule has 2 bridgehead atoms. The molecule has 2 unspecified atom stereocenters. The van der Waals surface area contributed by atoms with E-state index in [0.29, 0.717) is 30.8 Å². The van der Waals surface area contributed by atoms with Crippen LogP contribution in [0.5, 0.6) is 0 Å². The summed E-state index contributed by atoms with van der Waals surface area (Å²) >= 11 is 0. The van der Waals surface area contributed by atoms with Gasteiger partial charge in [-0.1, -0.05) is 30.2 Å². The van der Waals surface area contributed by atoms with Crippen LogP contribution in [0.4, 0.5) is 0 Å². The molecule has 0 N–H and O–H groups in total. The molecule has 5 nitrogen and oxygen atoms in total. The van der Waals surface area contributed by atoms with Crippen LogP contribution in [0.2, 0.25) is 0 Å². The third-order valence-corrected chi connectivity index (χ3v) is 8.52. The summed E-state index contributed by atoms with van der Waals surface area (Å²) < 4.78 is 2.04. The average Bonchev–Trinajstić information content (AvgIpc) is 3.04. The summed E-state index contributed by atoms with van der Waals surface area (Å²) in [5.74, 6) is 1.65. The van der Waals surface area contributed by atoms with Crippen molar-refractivity contribution in [1.82, 2.24) is 19.6 Å². The first-order valence-corrected chi connectivity index (χ1v) is 12.8. The quantitative estimate of drug-likeness (QED) is 0.641. The summed E-state index contributed by atoms with van der Waals surface area (Å²) in [5.41, 5.74) is 6.24. The smallest absolute Gasteiger partial charge is 0.224 e. The number of hydrogen-bond donors (Lipinski definition) is 0. The first kappa shape index (κ1) is 21.9. The first-order valence-electron chi connectivity index (χ1n) is 12.8. The molecule has 3 saturated heterocycles. The fourth-order valence-electron chi connectivity index (χ4n) is 7.11. The minimum Gasteiger partial charge on any atom is -0.336 e. The molecule has 0 radical (unpaired) electrons. The van der Waals surface area contributed by atoms with Gasteiger partial charge in [0.2, 0.25) is 5.91 Å². The minimum atomic E-state index is 0.314. The van der Waals surface area contributed by atoms with Crippen molar-refractivity contribution in [2.45, 2.75) is 90.8 Å². The molecule has 3 fully saturated rings. The summed E-state index contributed by atoms with van der Waals surface area (Å²) in [6, 6.07) is 1.11. The van der Waals surface area contributed by atoms with Crippen LogP contribution in [-0.4, -0.2) is 57.2 Å². The Labute approximate surface area is 193 Å². The zero-order valence-corrected chi connectivity index (χ0v) is 20.3. The van der Waals surface area contributed by atoms with E-state index in [1.165, 1.54) is 56.5 Å². The SMILES string of the molecule is C=C(C)Cc1c(C)nn(CCC(=O)N2CCCC3=C[C@H]4C[C@@H](CN5CCCCC45)C32)c1C. The van der Waals surface area contributed by atoms with E-state index in [9.17, 15) is 4.79 Å². The highest BCUT2D eigenvalue weighted by atomic mass is 16.2. The highest BCUT2D eigenvalue weighted by molar-refractivity contribution is 5.77. The normalized spacial score (nSPS) is 29.8. The molecular weight excluding hydrogens is 396 g/mol. The minimum absolute atomic E-state index is 0.314. The van der Waals surface area contributed by atoms with Gasteiger partial charge in [-0.25, -0.2) is 0 Å². The van der Waals surface area contributed by atoms with Crippen LogP contribution >= 0.6 is 0 Å². The third kappa shape index (κ3) is 3.98. The molecule has 0 spiro atoms. The van der Waals surface area contributed by atoms with Crippen LogP contribution in [0.25, 0.3) is 0 Å². The van der Waals surface area contributed by atoms with Crippen molar-refractivity contribution >= 4 is 5.91 Å². The van der Waals surface area contributed by atoms with E-state index in [1.807, 2.05) is 4.68 Å². The number of carbonyl (C=O) groups excluding carboxylic acids is 1. The summed E-state index contributed by atoms with van der Waals surface area (Å²) in [6.45, 7) is 14.4. The molecule has 1 aromatic rings. The fraction of sp³-hybridized carbons (Fsp3) is 0.704. The summed E-state index contributed by atoms with van der Waals surface area (Å²) in [6.07, 6.45) is 11.7. The highest BCUT2D eigenvalue weighted by Gasteiger charge is 2.46. The van der Waals surface area contributed by atoms with Crippen molar-refractivity contribution in [3.05, 3.63) is 40.8 Å². The predicted molar refractivity (Wildman–Crippen MR) is 128 cm³/mol. The van der Waals surface area contributed by atoms with E-state index in [2.05, 4.69) is 43.2 Å². The lowest BCUT2D eigenvalue weighted by Gasteiger charge is -2.54. The van der Waals surface area contributed by atoms with Crippen LogP contribution in [0.15, 0.2) is 23.8 Å². The molecule has 1 amide bonds. The number of rotatable bonds is 5. The van der Waals surface area contributed by atoms with Crippen molar-refractivity contribution in [3.8, 4) is 0 Å². The van der Waals surface area contributed by atoms with Crippen LogP contribution in [0.3, 0.4) is 0 Å². The van der Waals surface area contributed by atoms with Gasteiger partial charge >= 0.3 is 0 Å². The second-order valence-corrected chi connectivity index (χ2v) is 10.9. The van der Waals surface area contributed by atoms with Gasteiger partial charge in [0.25, 0.3) is 0 Å². The molecule has 4 heterocycles. The number of likely N-dealkylation sites (tertiary alicyclic amines) is 1. The molecular formula is C27H40N4O. The second kappa shape index (κ2) is 8.81. The number of piperidine rings is 3. The molecule has 5 rings (SSSR count). The van der Waals surface area contributed by atoms with Gasteiger partial charge < -0.3 is 4.90 Å². The number of amides is 1. The van der Waals surface area contributed by atoms with Crippen molar-refractivity contribution < 1.29 is 4.79 Å². The lowest BCUT2D eigenvalue weighted by molar-refractivity contribution is -0.136. The maximum atomic E-state index is 13.5. The Hall–Kier alpha value is -1.88. The third-order valence-electron chi connectivity index (χ3n) is 8.52. The van der Waals surface area contributed by atoms with Crippen LogP contribution in [-0.2, 0) is 17.8 Å². The van der Waals surface area contributed by atoms with Crippen LogP contribution in [0.1, 0.15) is 68.8 Å². The Balaban J connectivity index is 1.30. The number of allylic oxidation sites excluding steroid dienone is 1. The summed E-state index contributed by atoms with van der Waals surface area (Å²) in [7, 11) is 0. The van der Waals surface area contributed by atoms with E-state index in [0.717, 1.165) is 42.6 Å². The number of aryl methyl sites for hydroxylation is 2. The van der Waals surface area contributed by atoms with E-state index >= 15 is 0 Å². The molecule has 0 saturated carbocycles. The van der Waals surface area contributed by atoms with Gasteiger partial charge in [-0.2, -0.15) is 5.10 Å². The lowest BCUT2D eigenvalue weighted by atomic mass is 9.68. The van der Waals surface area contributed by atoms with Gasteiger partial charge in [0.15, 0.2) is 0 Å². The maximum Gasteiger partial charge on any atom is 0.224 e. The average molecular weight is 437 g/mol. The Morgan fingerprint density at radius 2 is 2.06 bits per heavy atom. The van der Waals surface area contributed by atoms with Crippen LogP contribution < -0.4 is 0 Å². The van der Waals surface area contributed by atoms with Crippen LogP contribution in [0, 0.1) is 25.7 Å². The molecule has 3 aliphatic heterocycles. The van der Waals surface area contributed by atoms with Crippen molar-refractivity contribution in [3.63, 3.8) is 0 Å². The first-order chi connectivity index (χ1) is 15.4. The Bertz CT molecular complexity index is 928. The number of carbonyl (C=O) groups is 1. The van der Waals surface area contributed by atoms with Gasteiger partial charge in [-0.05, 0) is 83.2 Å². The van der Waals surface area contributed by atoms with E-state index in [-0.39, 0.29) is 0 Å². The zero-order chi connectivity index (χ0) is 22.4. The van der Waals surface area contributed by atoms with Gasteiger partial charge in [-0.3, -0.25) is 14.4 Å². The van der Waals surface area contributed by atoms with Gasteiger partial charge in [-0.15, -0.1) is 0 Å². The maximum absolute atomic E-state index is 13.5. The second-order valence-electron chi connectivity index (χ2n) is 10.9. The fourth-order valence-corrected chi connectivity index (χ4v) is 7.11. The lowest BCUT2D eigenvalue weighted by Crippen LogP contribution is -2.60. The molecule has 5 heteroatoms. The van der Waals surface area contributed by atoms with Crippen molar-refractivity contribution in [2.75, 3.05) is 19.6 Å². The molecule has 1 aliphatic carbocycles. The standard InChI is InChI=1S/C27H40N4O/c1-18(2)14-24-19(3)28-31(20(24)4)13-10-26(32)30-12-7-8-21-15-22-16-23(27(21)30)17-29-11-6-5-9-25(22)29/h15,22-23,25,27H,1,5-14,16-17H2,2-4H3/t22-,23-,25?,27?/m0/s1. The van der Waals surface area contributed by atoms with Gasteiger partial charge in [0.05, 0.1) is 11.7 Å². The molecule has 4 atom stereocenters. The number of hydrogen-bond acceptors (Lipinski definition) is 3. The molecule has 0 aromatic carbocycles. The van der Waals surface area contributed by atoms with Gasteiger partial charge in [0.1, 0.15) is 0 Å². The van der Waals surface area contributed by atoms with E-state index in [4.69, 9.17) is 5.10 Å². The van der Waals surface area contributed by atoms with Gasteiger partial charge in [0, 0.05) is 37.8 Å². The number of aromatic nitrogens is 2. The van der Waals surface area contributed by atoms with E-state index < -0.39 is 0 Å². The predicted octanol–water partition coefficient (Wildman–Crippen LogP) is 4.43. The highest BCUT2D eigenvalue weighted by Crippen LogP contribution is 2.45. The number of nitrogens with zero attached hydrogens (tertiary/aromatic N) is 4. The van der Waals surface area contributed by atoms with Crippen molar-refractivity contribution in [1.29, 1.82) is 0 Å².